The van der Waals surface area contributed by atoms with E-state index in [2.05, 4.69) is 31.5 Å². The average molecular weight is 151 g/mol. The topological polar surface area (TPSA) is 3.24 Å². The molecule has 1 fully saturated rings. The summed E-state index contributed by atoms with van der Waals surface area (Å²) in [7, 11) is 2.19. The monoisotopic (exact) mass is 151 g/mol. The Bertz CT molecular complexity index is 170. The minimum absolute atomic E-state index is 0.674. The minimum Gasteiger partial charge on any atom is -0.300 e. The van der Waals surface area contributed by atoms with Gasteiger partial charge in [-0.25, -0.2) is 0 Å². The van der Waals surface area contributed by atoms with E-state index in [0.717, 1.165) is 0 Å². The summed E-state index contributed by atoms with van der Waals surface area (Å²) in [4.78, 5) is 2.41. The van der Waals surface area contributed by atoms with Gasteiger partial charge in [0.05, 0.1) is 0 Å². The van der Waals surface area contributed by atoms with Gasteiger partial charge in [-0.15, -0.1) is 0 Å². The zero-order valence-corrected chi connectivity index (χ0v) is 7.51. The average Bonchev–Trinajstić information content (AvgIpc) is 2.36. The first-order valence-corrected chi connectivity index (χ1v) is 4.25. The van der Waals surface area contributed by atoms with Gasteiger partial charge < -0.3 is 0 Å². The fourth-order valence-electron chi connectivity index (χ4n) is 1.78. The van der Waals surface area contributed by atoms with Crippen LogP contribution in [0.3, 0.4) is 0 Å². The van der Waals surface area contributed by atoms with E-state index < -0.39 is 0 Å². The van der Waals surface area contributed by atoms with Gasteiger partial charge in [0.25, 0.3) is 0 Å². The standard InChI is InChI=1S/C10H17N/c1-4-6-9(2)10-7-5-8-11(10)3/h4,6,10H,1,5,7-8H2,2-3H3/b9-6+/t10-/m0/s1. The molecule has 0 unspecified atom stereocenters. The van der Waals surface area contributed by atoms with E-state index in [4.69, 9.17) is 0 Å². The molecule has 1 heteroatoms. The molecule has 1 aliphatic heterocycles. The molecule has 0 aromatic carbocycles. The van der Waals surface area contributed by atoms with Gasteiger partial charge in [-0.05, 0) is 33.4 Å². The van der Waals surface area contributed by atoms with Crippen molar-refractivity contribution in [3.63, 3.8) is 0 Å². The van der Waals surface area contributed by atoms with Gasteiger partial charge >= 0.3 is 0 Å². The second kappa shape index (κ2) is 3.72. The molecule has 1 nitrogen and oxygen atoms in total. The zero-order chi connectivity index (χ0) is 8.27. The molecule has 11 heavy (non-hydrogen) atoms. The molecule has 0 N–H and O–H groups in total. The predicted octanol–water partition coefficient (Wildman–Crippen LogP) is 2.21. The summed E-state index contributed by atoms with van der Waals surface area (Å²) in [5.41, 5.74) is 1.44. The second-order valence-electron chi connectivity index (χ2n) is 3.29. The molecular weight excluding hydrogens is 134 g/mol. The summed E-state index contributed by atoms with van der Waals surface area (Å²) in [6.07, 6.45) is 6.64. The highest BCUT2D eigenvalue weighted by Gasteiger charge is 2.21. The maximum Gasteiger partial charge on any atom is 0.0305 e. The zero-order valence-electron chi connectivity index (χ0n) is 7.51. The number of likely N-dealkylation sites (tertiary alicyclic amines) is 1. The molecule has 0 aliphatic carbocycles. The molecule has 1 saturated heterocycles. The van der Waals surface area contributed by atoms with Crippen molar-refractivity contribution in [2.45, 2.75) is 25.8 Å². The van der Waals surface area contributed by atoms with E-state index in [9.17, 15) is 0 Å². The Labute approximate surface area is 69.4 Å². The van der Waals surface area contributed by atoms with Crippen LogP contribution in [0.2, 0.25) is 0 Å². The third kappa shape index (κ3) is 1.93. The highest BCUT2D eigenvalue weighted by molar-refractivity contribution is 5.15. The van der Waals surface area contributed by atoms with Crippen LogP contribution in [0, 0.1) is 0 Å². The van der Waals surface area contributed by atoms with Crippen molar-refractivity contribution in [1.29, 1.82) is 0 Å². The Morgan fingerprint density at radius 3 is 2.82 bits per heavy atom. The molecule has 0 aromatic heterocycles. The van der Waals surface area contributed by atoms with Crippen molar-refractivity contribution in [3.8, 4) is 0 Å². The number of rotatable bonds is 2. The molecule has 1 aliphatic rings. The molecule has 62 valence electrons. The molecule has 0 saturated carbocycles. The Kier molecular flexibility index (Phi) is 2.89. The summed E-state index contributed by atoms with van der Waals surface area (Å²) in [5.74, 6) is 0. The van der Waals surface area contributed by atoms with Crippen LogP contribution in [0.1, 0.15) is 19.8 Å². The predicted molar refractivity (Wildman–Crippen MR) is 49.6 cm³/mol. The van der Waals surface area contributed by atoms with Gasteiger partial charge in [0, 0.05) is 6.04 Å². The smallest absolute Gasteiger partial charge is 0.0305 e. The minimum atomic E-state index is 0.674. The van der Waals surface area contributed by atoms with Gasteiger partial charge in [0.1, 0.15) is 0 Å². The summed E-state index contributed by atoms with van der Waals surface area (Å²) in [5, 5.41) is 0. The van der Waals surface area contributed by atoms with Crippen LogP contribution in [0.5, 0.6) is 0 Å². The molecule has 0 radical (unpaired) electrons. The van der Waals surface area contributed by atoms with Crippen LogP contribution in [0.4, 0.5) is 0 Å². The van der Waals surface area contributed by atoms with E-state index in [1.807, 2.05) is 6.08 Å². The third-order valence-electron chi connectivity index (χ3n) is 2.43. The number of hydrogen-bond donors (Lipinski definition) is 0. The lowest BCUT2D eigenvalue weighted by Gasteiger charge is -2.19. The fraction of sp³-hybridized carbons (Fsp3) is 0.600. The van der Waals surface area contributed by atoms with E-state index >= 15 is 0 Å². The van der Waals surface area contributed by atoms with Crippen LogP contribution in [0.15, 0.2) is 24.3 Å². The quantitative estimate of drug-likeness (QED) is 0.547. The van der Waals surface area contributed by atoms with Gasteiger partial charge in [0.2, 0.25) is 0 Å². The van der Waals surface area contributed by atoms with Crippen molar-refractivity contribution in [2.24, 2.45) is 0 Å². The summed E-state index contributed by atoms with van der Waals surface area (Å²) >= 11 is 0. The normalized spacial score (nSPS) is 27.5. The number of hydrogen-bond acceptors (Lipinski definition) is 1. The summed E-state index contributed by atoms with van der Waals surface area (Å²) in [6, 6.07) is 0.674. The van der Waals surface area contributed by atoms with Crippen molar-refractivity contribution in [2.75, 3.05) is 13.6 Å². The van der Waals surface area contributed by atoms with Crippen LogP contribution in [-0.2, 0) is 0 Å². The molecule has 1 heterocycles. The van der Waals surface area contributed by atoms with Crippen molar-refractivity contribution >= 4 is 0 Å². The van der Waals surface area contributed by atoms with E-state index in [1.165, 1.54) is 25.0 Å². The fourth-order valence-corrected chi connectivity index (χ4v) is 1.78. The lowest BCUT2D eigenvalue weighted by molar-refractivity contribution is 0.345. The first-order chi connectivity index (χ1) is 5.25. The summed E-state index contributed by atoms with van der Waals surface area (Å²) in [6.45, 7) is 7.13. The third-order valence-corrected chi connectivity index (χ3v) is 2.43. The Balaban J connectivity index is 2.58. The first-order valence-electron chi connectivity index (χ1n) is 4.25. The summed E-state index contributed by atoms with van der Waals surface area (Å²) < 4.78 is 0. The second-order valence-corrected chi connectivity index (χ2v) is 3.29. The number of nitrogens with zero attached hydrogens (tertiary/aromatic N) is 1. The van der Waals surface area contributed by atoms with E-state index in [0.29, 0.717) is 6.04 Å². The maximum absolute atomic E-state index is 3.70. The molecule has 1 atom stereocenters. The highest BCUT2D eigenvalue weighted by Crippen LogP contribution is 2.21. The lowest BCUT2D eigenvalue weighted by Crippen LogP contribution is -2.25. The van der Waals surface area contributed by atoms with Crippen LogP contribution in [-0.4, -0.2) is 24.5 Å². The Morgan fingerprint density at radius 2 is 2.36 bits per heavy atom. The SMILES string of the molecule is C=C/C=C(\C)[C@@H]1CCCN1C. The van der Waals surface area contributed by atoms with E-state index in [-0.39, 0.29) is 0 Å². The van der Waals surface area contributed by atoms with Gasteiger partial charge in [0.15, 0.2) is 0 Å². The Hall–Kier alpha value is -0.560. The van der Waals surface area contributed by atoms with Crippen LogP contribution < -0.4 is 0 Å². The van der Waals surface area contributed by atoms with Crippen LogP contribution >= 0.6 is 0 Å². The number of likely N-dealkylation sites (N-methyl/N-ethyl adjacent to an activating group) is 1. The van der Waals surface area contributed by atoms with Crippen molar-refractivity contribution in [1.82, 2.24) is 4.90 Å². The van der Waals surface area contributed by atoms with Crippen LogP contribution in [0.25, 0.3) is 0 Å². The van der Waals surface area contributed by atoms with Crippen molar-refractivity contribution in [3.05, 3.63) is 24.3 Å². The highest BCUT2D eigenvalue weighted by atomic mass is 15.1. The molecule has 0 bridgehead atoms. The van der Waals surface area contributed by atoms with Gasteiger partial charge in [-0.2, -0.15) is 0 Å². The molecular formula is C10H17N. The Morgan fingerprint density at radius 1 is 1.64 bits per heavy atom. The molecule has 1 rings (SSSR count). The van der Waals surface area contributed by atoms with E-state index in [1.54, 1.807) is 0 Å². The molecule has 0 aromatic rings. The molecule has 0 amide bonds. The van der Waals surface area contributed by atoms with Crippen molar-refractivity contribution < 1.29 is 0 Å². The lowest BCUT2D eigenvalue weighted by atomic mass is 10.1. The largest absolute Gasteiger partial charge is 0.300 e. The molecule has 0 spiro atoms. The van der Waals surface area contributed by atoms with Gasteiger partial charge in [-0.3, -0.25) is 4.90 Å². The van der Waals surface area contributed by atoms with Gasteiger partial charge in [-0.1, -0.05) is 24.3 Å². The number of allylic oxidation sites excluding steroid dienone is 2. The first kappa shape index (κ1) is 8.54. The maximum atomic E-state index is 3.70.